The molecule has 0 aliphatic heterocycles. The van der Waals surface area contributed by atoms with Gasteiger partial charge in [0.05, 0.1) is 11.8 Å². The molecule has 2 fully saturated rings. The van der Waals surface area contributed by atoms with Crippen molar-refractivity contribution in [3.63, 3.8) is 0 Å². The van der Waals surface area contributed by atoms with E-state index in [0.717, 1.165) is 51.4 Å². The van der Waals surface area contributed by atoms with Crippen molar-refractivity contribution >= 4 is 11.9 Å². The first-order valence-electron chi connectivity index (χ1n) is 9.39. The number of hydrogen-bond donors (Lipinski definition) is 2. The van der Waals surface area contributed by atoms with Gasteiger partial charge >= 0.3 is 11.9 Å². The van der Waals surface area contributed by atoms with Gasteiger partial charge < -0.3 is 10.2 Å². The summed E-state index contributed by atoms with van der Waals surface area (Å²) < 4.78 is 0. The lowest BCUT2D eigenvalue weighted by atomic mass is 9.63. The third-order valence-corrected chi connectivity index (χ3v) is 6.48. The van der Waals surface area contributed by atoms with Crippen LogP contribution in [-0.4, -0.2) is 22.2 Å². The molecule has 0 amide bonds. The van der Waals surface area contributed by atoms with E-state index in [0.29, 0.717) is 17.8 Å². The Kier molecular flexibility index (Phi) is 6.49. The number of carbonyl (C=O) groups is 2. The predicted molar refractivity (Wildman–Crippen MR) is 89.1 cm³/mol. The highest BCUT2D eigenvalue weighted by Crippen LogP contribution is 2.45. The molecule has 0 aromatic rings. The Morgan fingerprint density at radius 1 is 0.957 bits per heavy atom. The molecule has 132 valence electrons. The van der Waals surface area contributed by atoms with Gasteiger partial charge in [-0.05, 0) is 68.6 Å². The molecule has 4 atom stereocenters. The Morgan fingerprint density at radius 3 is 2.04 bits per heavy atom. The van der Waals surface area contributed by atoms with Crippen molar-refractivity contribution in [1.82, 2.24) is 0 Å². The molecule has 23 heavy (non-hydrogen) atoms. The van der Waals surface area contributed by atoms with Gasteiger partial charge in [-0.3, -0.25) is 9.59 Å². The Hall–Kier alpha value is -1.06. The smallest absolute Gasteiger partial charge is 0.306 e. The maximum Gasteiger partial charge on any atom is 0.306 e. The lowest BCUT2D eigenvalue weighted by Crippen LogP contribution is -2.35. The molecule has 4 heteroatoms. The van der Waals surface area contributed by atoms with Crippen LogP contribution in [0.25, 0.3) is 0 Å². The minimum atomic E-state index is -0.634. The first-order chi connectivity index (χ1) is 10.9. The van der Waals surface area contributed by atoms with Crippen LogP contribution in [0.15, 0.2) is 0 Å². The second-order valence-corrected chi connectivity index (χ2v) is 7.90. The van der Waals surface area contributed by atoms with Gasteiger partial charge in [-0.25, -0.2) is 0 Å². The van der Waals surface area contributed by atoms with Gasteiger partial charge in [-0.15, -0.1) is 0 Å². The van der Waals surface area contributed by atoms with Crippen molar-refractivity contribution in [2.24, 2.45) is 35.5 Å². The molecule has 0 aromatic heterocycles. The van der Waals surface area contributed by atoms with Gasteiger partial charge in [0.2, 0.25) is 0 Å². The van der Waals surface area contributed by atoms with Crippen LogP contribution in [0.1, 0.15) is 71.6 Å². The normalized spacial score (nSPS) is 36.3. The van der Waals surface area contributed by atoms with E-state index in [1.165, 1.54) is 6.42 Å². The summed E-state index contributed by atoms with van der Waals surface area (Å²) in [5, 5.41) is 18.5. The molecule has 0 spiro atoms. The maximum absolute atomic E-state index is 11.3. The number of aliphatic carboxylic acids is 2. The van der Waals surface area contributed by atoms with Gasteiger partial charge in [-0.1, -0.05) is 26.7 Å². The van der Waals surface area contributed by atoms with E-state index in [4.69, 9.17) is 0 Å². The molecule has 4 nitrogen and oxygen atoms in total. The van der Waals surface area contributed by atoms with Gasteiger partial charge in [0.25, 0.3) is 0 Å². The first-order valence-corrected chi connectivity index (χ1v) is 9.39. The quantitative estimate of drug-likeness (QED) is 0.758. The summed E-state index contributed by atoms with van der Waals surface area (Å²) in [6, 6.07) is 0. The highest BCUT2D eigenvalue weighted by molar-refractivity contribution is 5.70. The fourth-order valence-electron chi connectivity index (χ4n) is 5.18. The predicted octanol–water partition coefficient (Wildman–Crippen LogP) is 4.43. The summed E-state index contributed by atoms with van der Waals surface area (Å²) in [5.74, 6) is 0.617. The van der Waals surface area contributed by atoms with Gasteiger partial charge in [0.15, 0.2) is 0 Å². The molecule has 2 aliphatic carbocycles. The van der Waals surface area contributed by atoms with Crippen molar-refractivity contribution in [3.8, 4) is 0 Å². The van der Waals surface area contributed by atoms with E-state index >= 15 is 0 Å². The summed E-state index contributed by atoms with van der Waals surface area (Å²) in [6.07, 6.45) is 8.95. The zero-order valence-corrected chi connectivity index (χ0v) is 14.5. The zero-order chi connectivity index (χ0) is 17.0. The number of rotatable bonds is 6. The zero-order valence-electron chi connectivity index (χ0n) is 14.5. The third kappa shape index (κ3) is 4.48. The van der Waals surface area contributed by atoms with Crippen molar-refractivity contribution in [2.75, 3.05) is 0 Å². The molecule has 2 N–H and O–H groups in total. The highest BCUT2D eigenvalue weighted by Gasteiger charge is 2.39. The summed E-state index contributed by atoms with van der Waals surface area (Å²) in [5.41, 5.74) is 0. The Bertz CT molecular complexity index is 412. The topological polar surface area (TPSA) is 74.6 Å². The van der Waals surface area contributed by atoms with Crippen molar-refractivity contribution in [2.45, 2.75) is 71.6 Å². The molecule has 2 rings (SSSR count). The minimum absolute atomic E-state index is 0.143. The third-order valence-electron chi connectivity index (χ3n) is 6.48. The molecule has 2 aliphatic rings. The average Bonchev–Trinajstić information content (AvgIpc) is 2.52. The summed E-state index contributed by atoms with van der Waals surface area (Å²) in [7, 11) is 0. The number of carboxylic acids is 2. The second-order valence-electron chi connectivity index (χ2n) is 7.90. The Morgan fingerprint density at radius 2 is 1.57 bits per heavy atom. The van der Waals surface area contributed by atoms with Crippen molar-refractivity contribution < 1.29 is 19.8 Å². The molecule has 4 unspecified atom stereocenters. The van der Waals surface area contributed by atoms with Crippen LogP contribution in [0.5, 0.6) is 0 Å². The second kappa shape index (κ2) is 8.16. The molecular formula is C19H32O4. The van der Waals surface area contributed by atoms with Crippen molar-refractivity contribution in [3.05, 3.63) is 0 Å². The lowest BCUT2D eigenvalue weighted by molar-refractivity contribution is -0.145. The lowest BCUT2D eigenvalue weighted by Gasteiger charge is -2.41. The van der Waals surface area contributed by atoms with E-state index in [1.54, 1.807) is 0 Å². The molecule has 0 bridgehead atoms. The standard InChI is InChI=1S/C19H32O4/c1-3-4-17(13-5-7-14(8-6-13)18(20)21)15-9-10-16(19(22)23)12(2)11-15/h12-17H,3-11H2,1-2H3,(H,20,21)(H,22,23). The molecule has 0 saturated heterocycles. The number of hydrogen-bond acceptors (Lipinski definition) is 2. The van der Waals surface area contributed by atoms with Crippen LogP contribution in [-0.2, 0) is 9.59 Å². The van der Waals surface area contributed by atoms with E-state index in [9.17, 15) is 19.8 Å². The molecular weight excluding hydrogens is 292 g/mol. The van der Waals surface area contributed by atoms with E-state index < -0.39 is 11.9 Å². The molecule has 2 saturated carbocycles. The molecule has 0 aromatic carbocycles. The minimum Gasteiger partial charge on any atom is -0.481 e. The van der Waals surface area contributed by atoms with Crippen LogP contribution in [0, 0.1) is 35.5 Å². The largest absolute Gasteiger partial charge is 0.481 e. The summed E-state index contributed by atoms with van der Waals surface area (Å²) in [6.45, 7) is 4.32. The molecule has 0 radical (unpaired) electrons. The van der Waals surface area contributed by atoms with E-state index in [1.807, 2.05) is 0 Å². The van der Waals surface area contributed by atoms with Crippen LogP contribution in [0.2, 0.25) is 0 Å². The maximum atomic E-state index is 11.3. The summed E-state index contributed by atoms with van der Waals surface area (Å²) >= 11 is 0. The highest BCUT2D eigenvalue weighted by atomic mass is 16.4. The monoisotopic (exact) mass is 324 g/mol. The van der Waals surface area contributed by atoms with Crippen LogP contribution < -0.4 is 0 Å². The first kappa shape index (κ1) is 18.3. The average molecular weight is 324 g/mol. The SMILES string of the molecule is CCCC(C1CCC(C(=O)O)CC1)C1CCC(C(=O)O)C(C)C1. The van der Waals surface area contributed by atoms with Crippen LogP contribution in [0.4, 0.5) is 0 Å². The van der Waals surface area contributed by atoms with Gasteiger partial charge in [-0.2, -0.15) is 0 Å². The van der Waals surface area contributed by atoms with E-state index in [2.05, 4.69) is 13.8 Å². The van der Waals surface area contributed by atoms with Crippen LogP contribution >= 0.6 is 0 Å². The van der Waals surface area contributed by atoms with Gasteiger partial charge in [0.1, 0.15) is 0 Å². The number of carboxylic acid groups (broad SMARTS) is 2. The molecule has 0 heterocycles. The fraction of sp³-hybridized carbons (Fsp3) is 0.895. The Labute approximate surface area is 139 Å². The summed E-state index contributed by atoms with van der Waals surface area (Å²) in [4.78, 5) is 22.5. The van der Waals surface area contributed by atoms with Crippen molar-refractivity contribution in [1.29, 1.82) is 0 Å². The van der Waals surface area contributed by atoms with Crippen LogP contribution in [0.3, 0.4) is 0 Å². The van der Waals surface area contributed by atoms with Gasteiger partial charge in [0, 0.05) is 0 Å². The Balaban J connectivity index is 1.97. The van der Waals surface area contributed by atoms with E-state index in [-0.39, 0.29) is 17.8 Å². The fourth-order valence-corrected chi connectivity index (χ4v) is 5.18.